The van der Waals surface area contributed by atoms with Crippen LogP contribution in [0.4, 0.5) is 0 Å². The van der Waals surface area contributed by atoms with Crippen LogP contribution in [0.1, 0.15) is 5.69 Å². The lowest BCUT2D eigenvalue weighted by Crippen LogP contribution is -1.78. The van der Waals surface area contributed by atoms with Crippen molar-refractivity contribution in [1.82, 2.24) is 9.97 Å². The molecular formula is C7H6N2S. The molecule has 0 radical (unpaired) electrons. The van der Waals surface area contributed by atoms with Crippen LogP contribution in [0, 0.1) is 6.92 Å². The first-order valence-electron chi connectivity index (χ1n) is 3.03. The van der Waals surface area contributed by atoms with Gasteiger partial charge in [-0.2, -0.15) is 0 Å². The van der Waals surface area contributed by atoms with E-state index in [0.717, 1.165) is 16.0 Å². The van der Waals surface area contributed by atoms with E-state index in [1.807, 2.05) is 18.5 Å². The first-order chi connectivity index (χ1) is 4.86. The van der Waals surface area contributed by atoms with Gasteiger partial charge in [0.05, 0.1) is 10.2 Å². The lowest BCUT2D eigenvalue weighted by molar-refractivity contribution is 1.22. The highest BCUT2D eigenvalue weighted by molar-refractivity contribution is 7.16. The molecule has 2 rings (SSSR count). The quantitative estimate of drug-likeness (QED) is 0.574. The number of nitrogens with zero attached hydrogens (tertiary/aromatic N) is 2. The first kappa shape index (κ1) is 5.80. The Balaban J connectivity index is 2.86. The van der Waals surface area contributed by atoms with Crippen molar-refractivity contribution in [3.05, 3.63) is 23.3 Å². The zero-order valence-corrected chi connectivity index (χ0v) is 6.35. The Morgan fingerprint density at radius 2 is 2.30 bits per heavy atom. The Morgan fingerprint density at radius 3 is 3.20 bits per heavy atom. The molecular weight excluding hydrogens is 144 g/mol. The minimum Gasteiger partial charge on any atom is -0.233 e. The van der Waals surface area contributed by atoms with Crippen molar-refractivity contribution in [3.63, 3.8) is 0 Å². The summed E-state index contributed by atoms with van der Waals surface area (Å²) >= 11 is 1.62. The van der Waals surface area contributed by atoms with E-state index in [1.165, 1.54) is 0 Å². The molecule has 0 atom stereocenters. The standard InChI is InChI=1S/C7H6N2S/c1-5-2-3-6-7(9-5)8-4-10-6/h2-4H,1H3. The van der Waals surface area contributed by atoms with Gasteiger partial charge in [0, 0.05) is 5.69 Å². The van der Waals surface area contributed by atoms with Crippen LogP contribution in [0.5, 0.6) is 0 Å². The van der Waals surface area contributed by atoms with Crippen LogP contribution in [0.2, 0.25) is 0 Å². The number of rotatable bonds is 0. The van der Waals surface area contributed by atoms with Gasteiger partial charge in [0.15, 0.2) is 5.65 Å². The minimum atomic E-state index is 0.866. The highest BCUT2D eigenvalue weighted by atomic mass is 32.1. The summed E-state index contributed by atoms with van der Waals surface area (Å²) in [4.78, 5) is 8.32. The van der Waals surface area contributed by atoms with Crippen molar-refractivity contribution in [1.29, 1.82) is 0 Å². The Hall–Kier alpha value is -0.960. The third-order valence-corrected chi connectivity index (χ3v) is 2.12. The zero-order chi connectivity index (χ0) is 6.97. The van der Waals surface area contributed by atoms with Crippen LogP contribution in [-0.2, 0) is 0 Å². The maximum Gasteiger partial charge on any atom is 0.170 e. The van der Waals surface area contributed by atoms with Gasteiger partial charge < -0.3 is 0 Å². The largest absolute Gasteiger partial charge is 0.233 e. The SMILES string of the molecule is Cc1ccc2scnc2n1. The highest BCUT2D eigenvalue weighted by Crippen LogP contribution is 2.14. The average molecular weight is 150 g/mol. The molecule has 0 saturated heterocycles. The number of hydrogen-bond donors (Lipinski definition) is 0. The smallest absolute Gasteiger partial charge is 0.170 e. The summed E-state index contributed by atoms with van der Waals surface area (Å²) < 4.78 is 1.16. The van der Waals surface area contributed by atoms with Gasteiger partial charge in [0.1, 0.15) is 0 Å². The molecule has 0 amide bonds. The molecule has 2 aromatic heterocycles. The van der Waals surface area contributed by atoms with Crippen LogP contribution in [0.15, 0.2) is 17.6 Å². The zero-order valence-electron chi connectivity index (χ0n) is 5.53. The molecule has 3 heteroatoms. The Morgan fingerprint density at radius 1 is 1.40 bits per heavy atom. The first-order valence-corrected chi connectivity index (χ1v) is 3.91. The Labute approximate surface area is 62.6 Å². The molecule has 10 heavy (non-hydrogen) atoms. The molecule has 0 aromatic carbocycles. The number of thiazole rings is 1. The van der Waals surface area contributed by atoms with Crippen molar-refractivity contribution >= 4 is 21.7 Å². The molecule has 0 saturated carbocycles. The summed E-state index contributed by atoms with van der Waals surface area (Å²) in [5, 5.41) is 0. The lowest BCUT2D eigenvalue weighted by Gasteiger charge is -1.87. The van der Waals surface area contributed by atoms with Gasteiger partial charge in [-0.15, -0.1) is 11.3 Å². The molecule has 2 aromatic rings. The molecule has 0 fully saturated rings. The second-order valence-corrected chi connectivity index (χ2v) is 3.01. The van der Waals surface area contributed by atoms with Crippen LogP contribution in [-0.4, -0.2) is 9.97 Å². The molecule has 0 spiro atoms. The topological polar surface area (TPSA) is 25.8 Å². The highest BCUT2D eigenvalue weighted by Gasteiger charge is 1.95. The third-order valence-electron chi connectivity index (χ3n) is 1.33. The average Bonchev–Trinajstić information content (AvgIpc) is 2.33. The van der Waals surface area contributed by atoms with Crippen LogP contribution < -0.4 is 0 Å². The van der Waals surface area contributed by atoms with E-state index in [9.17, 15) is 0 Å². The molecule has 0 aliphatic heterocycles. The van der Waals surface area contributed by atoms with Gasteiger partial charge in [-0.25, -0.2) is 9.97 Å². The van der Waals surface area contributed by atoms with Crippen molar-refractivity contribution in [2.75, 3.05) is 0 Å². The van der Waals surface area contributed by atoms with Crippen molar-refractivity contribution in [2.45, 2.75) is 6.92 Å². The predicted octanol–water partition coefficient (Wildman–Crippen LogP) is 2.00. The van der Waals surface area contributed by atoms with Gasteiger partial charge in [0.2, 0.25) is 0 Å². The fourth-order valence-corrected chi connectivity index (χ4v) is 1.46. The van der Waals surface area contributed by atoms with E-state index in [0.29, 0.717) is 0 Å². The summed E-state index contributed by atoms with van der Waals surface area (Å²) in [7, 11) is 0. The number of fused-ring (bicyclic) bond motifs is 1. The van der Waals surface area contributed by atoms with Crippen LogP contribution >= 0.6 is 11.3 Å². The number of pyridine rings is 1. The Bertz CT molecular complexity index is 353. The number of aromatic nitrogens is 2. The molecule has 50 valence electrons. The third kappa shape index (κ3) is 0.789. The summed E-state index contributed by atoms with van der Waals surface area (Å²) in [5.41, 5.74) is 3.71. The molecule has 2 heterocycles. The molecule has 0 N–H and O–H groups in total. The van der Waals surface area contributed by atoms with Gasteiger partial charge in [-0.05, 0) is 19.1 Å². The number of aryl methyl sites for hydroxylation is 1. The maximum atomic E-state index is 4.23. The normalized spacial score (nSPS) is 10.5. The molecule has 0 aliphatic carbocycles. The van der Waals surface area contributed by atoms with E-state index >= 15 is 0 Å². The van der Waals surface area contributed by atoms with Crippen LogP contribution in [0.3, 0.4) is 0 Å². The minimum absolute atomic E-state index is 0.866. The van der Waals surface area contributed by atoms with E-state index in [1.54, 1.807) is 11.3 Å². The summed E-state index contributed by atoms with van der Waals surface area (Å²) in [6, 6.07) is 4.05. The lowest BCUT2D eigenvalue weighted by atomic mass is 10.4. The van der Waals surface area contributed by atoms with Crippen molar-refractivity contribution in [2.24, 2.45) is 0 Å². The van der Waals surface area contributed by atoms with Gasteiger partial charge in [-0.1, -0.05) is 0 Å². The molecule has 0 aliphatic rings. The number of hydrogen-bond acceptors (Lipinski definition) is 3. The van der Waals surface area contributed by atoms with E-state index in [-0.39, 0.29) is 0 Å². The van der Waals surface area contributed by atoms with Crippen molar-refractivity contribution < 1.29 is 0 Å². The Kier molecular flexibility index (Phi) is 1.17. The fraction of sp³-hybridized carbons (Fsp3) is 0.143. The monoisotopic (exact) mass is 150 g/mol. The van der Waals surface area contributed by atoms with E-state index in [4.69, 9.17) is 0 Å². The predicted molar refractivity (Wildman–Crippen MR) is 42.2 cm³/mol. The summed E-state index contributed by atoms with van der Waals surface area (Å²) in [6.07, 6.45) is 0. The molecule has 0 bridgehead atoms. The van der Waals surface area contributed by atoms with E-state index in [2.05, 4.69) is 16.0 Å². The van der Waals surface area contributed by atoms with Crippen molar-refractivity contribution in [3.8, 4) is 0 Å². The second kappa shape index (κ2) is 2.02. The summed E-state index contributed by atoms with van der Waals surface area (Å²) in [5.74, 6) is 0. The van der Waals surface area contributed by atoms with E-state index < -0.39 is 0 Å². The van der Waals surface area contributed by atoms with Gasteiger partial charge >= 0.3 is 0 Å². The fourth-order valence-electron chi connectivity index (χ4n) is 0.848. The van der Waals surface area contributed by atoms with Gasteiger partial charge in [0.25, 0.3) is 0 Å². The van der Waals surface area contributed by atoms with Gasteiger partial charge in [-0.3, -0.25) is 0 Å². The second-order valence-electron chi connectivity index (χ2n) is 2.13. The summed E-state index contributed by atoms with van der Waals surface area (Å²) in [6.45, 7) is 1.97. The molecule has 2 nitrogen and oxygen atoms in total. The van der Waals surface area contributed by atoms with Crippen LogP contribution in [0.25, 0.3) is 10.3 Å². The molecule has 0 unspecified atom stereocenters. The maximum absolute atomic E-state index is 4.23.